The third-order valence-corrected chi connectivity index (χ3v) is 6.29. The zero-order chi connectivity index (χ0) is 18.8. The number of aromatic amines is 1. The molecule has 28 heavy (non-hydrogen) atoms. The quantitative estimate of drug-likeness (QED) is 0.522. The van der Waals surface area contributed by atoms with Crippen molar-refractivity contribution >= 4 is 45.5 Å². The molecule has 2 aromatic carbocycles. The van der Waals surface area contributed by atoms with Gasteiger partial charge in [0.2, 0.25) is 11.8 Å². The summed E-state index contributed by atoms with van der Waals surface area (Å²) in [5.41, 5.74) is 5.66. The Morgan fingerprint density at radius 1 is 1.07 bits per heavy atom. The summed E-state index contributed by atoms with van der Waals surface area (Å²) >= 11 is 1.17. The molecule has 0 unspecified atom stereocenters. The lowest BCUT2D eigenvalue weighted by Crippen LogP contribution is -2.61. The Morgan fingerprint density at radius 2 is 1.93 bits per heavy atom. The van der Waals surface area contributed by atoms with E-state index in [4.69, 9.17) is 0 Å². The van der Waals surface area contributed by atoms with E-state index in [0.29, 0.717) is 6.42 Å². The van der Waals surface area contributed by atoms with Crippen LogP contribution in [0.15, 0.2) is 42.5 Å². The monoisotopic (exact) mass is 389 g/mol. The molecule has 0 saturated carbocycles. The molecule has 0 bridgehead atoms. The Balaban J connectivity index is 1.63. The van der Waals surface area contributed by atoms with Gasteiger partial charge in [0, 0.05) is 23.0 Å². The van der Waals surface area contributed by atoms with Crippen molar-refractivity contribution in [2.75, 3.05) is 6.54 Å². The summed E-state index contributed by atoms with van der Waals surface area (Å²) < 4.78 is 8.62. The lowest BCUT2D eigenvalue weighted by Gasteiger charge is -2.44. The van der Waals surface area contributed by atoms with Crippen molar-refractivity contribution < 1.29 is 9.59 Å². The molecule has 2 atom stereocenters. The molecule has 2 aliphatic heterocycles. The van der Waals surface area contributed by atoms with Crippen LogP contribution in [0.5, 0.6) is 0 Å². The molecule has 0 aliphatic carbocycles. The molecule has 4 aromatic rings. The summed E-state index contributed by atoms with van der Waals surface area (Å²) in [4.78, 5) is 30.8. The van der Waals surface area contributed by atoms with Gasteiger partial charge in [0.15, 0.2) is 0 Å². The fraction of sp³-hybridized carbons (Fsp3) is 0.200. The van der Waals surface area contributed by atoms with E-state index in [1.165, 1.54) is 11.7 Å². The molecular formula is C20H15N5O2S. The van der Waals surface area contributed by atoms with Crippen molar-refractivity contribution in [2.24, 2.45) is 0 Å². The van der Waals surface area contributed by atoms with Crippen LogP contribution >= 0.6 is 11.7 Å². The van der Waals surface area contributed by atoms with Crippen molar-refractivity contribution in [3.8, 4) is 0 Å². The van der Waals surface area contributed by atoms with Crippen LogP contribution in [-0.2, 0) is 16.0 Å². The van der Waals surface area contributed by atoms with Crippen LogP contribution in [0.25, 0.3) is 21.9 Å². The number of hydrogen-bond acceptors (Lipinski definition) is 5. The number of nitrogens with one attached hydrogen (secondary N) is 2. The van der Waals surface area contributed by atoms with Crippen LogP contribution in [0.2, 0.25) is 0 Å². The summed E-state index contributed by atoms with van der Waals surface area (Å²) in [7, 11) is 0. The number of fused-ring (bicyclic) bond motifs is 5. The number of para-hydroxylation sites is 1. The summed E-state index contributed by atoms with van der Waals surface area (Å²) in [5, 5.41) is 3.84. The smallest absolute Gasteiger partial charge is 0.243 e. The van der Waals surface area contributed by atoms with Gasteiger partial charge in [-0.3, -0.25) is 9.59 Å². The number of hydrogen-bond donors (Lipinski definition) is 2. The van der Waals surface area contributed by atoms with E-state index < -0.39 is 6.04 Å². The van der Waals surface area contributed by atoms with Crippen molar-refractivity contribution in [2.45, 2.75) is 18.5 Å². The number of carbonyl (C=O) groups excluding carboxylic acids is 2. The van der Waals surface area contributed by atoms with Crippen LogP contribution in [0.1, 0.15) is 22.9 Å². The molecule has 1 saturated heterocycles. The van der Waals surface area contributed by atoms with Gasteiger partial charge in [-0.15, -0.1) is 0 Å². The molecule has 0 spiro atoms. The van der Waals surface area contributed by atoms with Gasteiger partial charge in [-0.25, -0.2) is 0 Å². The molecule has 2 aromatic heterocycles. The molecule has 6 rings (SSSR count). The second-order valence-corrected chi connectivity index (χ2v) is 7.74. The standard InChI is InChI=1S/C20H15N5O2S/c26-17-9-21-20(27)16-8-12-11-3-1-2-4-13(11)22-18(12)19(25(16)17)10-5-6-14-15(7-10)24-28-23-14/h1-7,16,19,22H,8-9H2,(H,21,27)/t16-,19-/m1/s1. The van der Waals surface area contributed by atoms with Crippen molar-refractivity contribution in [1.82, 2.24) is 23.9 Å². The van der Waals surface area contributed by atoms with E-state index in [1.807, 2.05) is 36.4 Å². The average Bonchev–Trinajstić information content (AvgIpc) is 3.33. The van der Waals surface area contributed by atoms with Gasteiger partial charge in [-0.05, 0) is 29.3 Å². The van der Waals surface area contributed by atoms with Gasteiger partial charge in [0.1, 0.15) is 17.1 Å². The highest BCUT2D eigenvalue weighted by Gasteiger charge is 2.45. The maximum absolute atomic E-state index is 12.9. The SMILES string of the molecule is O=C1NCC(=O)N2[C@H](c3ccc4nsnc4c3)c3[nH]c4ccccc4c3C[C@H]12. The second-order valence-electron chi connectivity index (χ2n) is 7.22. The molecule has 138 valence electrons. The molecule has 1 fully saturated rings. The predicted octanol–water partition coefficient (Wildman–Crippen LogP) is 2.15. The van der Waals surface area contributed by atoms with E-state index in [0.717, 1.165) is 38.8 Å². The van der Waals surface area contributed by atoms with Crippen LogP contribution < -0.4 is 5.32 Å². The molecule has 0 radical (unpaired) electrons. The van der Waals surface area contributed by atoms with Gasteiger partial charge >= 0.3 is 0 Å². The molecule has 2 amide bonds. The second kappa shape index (κ2) is 5.62. The van der Waals surface area contributed by atoms with Crippen molar-refractivity contribution in [1.29, 1.82) is 0 Å². The van der Waals surface area contributed by atoms with Gasteiger partial charge < -0.3 is 15.2 Å². The van der Waals surface area contributed by atoms with Crippen LogP contribution in [-0.4, -0.2) is 43.0 Å². The first-order valence-corrected chi connectivity index (χ1v) is 9.84. The number of rotatable bonds is 1. The highest BCUT2D eigenvalue weighted by atomic mass is 32.1. The Labute approximate surface area is 163 Å². The fourth-order valence-electron chi connectivity index (χ4n) is 4.49. The topological polar surface area (TPSA) is 91.0 Å². The number of H-pyrrole nitrogens is 1. The molecule has 7 nitrogen and oxygen atoms in total. The lowest BCUT2D eigenvalue weighted by atomic mass is 9.86. The van der Waals surface area contributed by atoms with Crippen LogP contribution in [0.4, 0.5) is 0 Å². The van der Waals surface area contributed by atoms with Crippen molar-refractivity contribution in [3.63, 3.8) is 0 Å². The Hall–Kier alpha value is -3.26. The average molecular weight is 389 g/mol. The van der Waals surface area contributed by atoms with E-state index in [2.05, 4.69) is 25.1 Å². The maximum atomic E-state index is 12.9. The number of amides is 2. The third kappa shape index (κ3) is 2.09. The zero-order valence-electron chi connectivity index (χ0n) is 14.7. The molecule has 2 N–H and O–H groups in total. The first kappa shape index (κ1) is 15.8. The van der Waals surface area contributed by atoms with E-state index in [1.54, 1.807) is 4.90 Å². The van der Waals surface area contributed by atoms with Gasteiger partial charge in [-0.2, -0.15) is 8.75 Å². The Morgan fingerprint density at radius 3 is 2.86 bits per heavy atom. The highest BCUT2D eigenvalue weighted by molar-refractivity contribution is 7.00. The normalized spacial score (nSPS) is 21.6. The van der Waals surface area contributed by atoms with Crippen molar-refractivity contribution in [3.05, 3.63) is 59.3 Å². The van der Waals surface area contributed by atoms with Gasteiger partial charge in [0.05, 0.1) is 24.3 Å². The highest BCUT2D eigenvalue weighted by Crippen LogP contribution is 2.42. The molecule has 4 heterocycles. The number of nitrogens with zero attached hydrogens (tertiary/aromatic N) is 3. The van der Waals surface area contributed by atoms with E-state index in [-0.39, 0.29) is 24.4 Å². The molecular weight excluding hydrogens is 374 g/mol. The Bertz CT molecular complexity index is 1280. The number of aromatic nitrogens is 3. The minimum Gasteiger partial charge on any atom is -0.356 e. The van der Waals surface area contributed by atoms with E-state index >= 15 is 0 Å². The van der Waals surface area contributed by atoms with Gasteiger partial charge in [-0.1, -0.05) is 24.3 Å². The zero-order valence-corrected chi connectivity index (χ0v) is 15.5. The summed E-state index contributed by atoms with van der Waals surface area (Å²) in [6, 6.07) is 13.1. The summed E-state index contributed by atoms with van der Waals surface area (Å²) in [5.74, 6) is -0.174. The molecule has 8 heteroatoms. The minimum atomic E-state index is -0.512. The first-order valence-electron chi connectivity index (χ1n) is 9.11. The lowest BCUT2D eigenvalue weighted by molar-refractivity contribution is -0.148. The predicted molar refractivity (Wildman–Crippen MR) is 105 cm³/mol. The third-order valence-electron chi connectivity index (χ3n) is 5.73. The maximum Gasteiger partial charge on any atom is 0.243 e. The largest absolute Gasteiger partial charge is 0.356 e. The fourth-order valence-corrected chi connectivity index (χ4v) is 5.01. The van der Waals surface area contributed by atoms with Gasteiger partial charge in [0.25, 0.3) is 0 Å². The van der Waals surface area contributed by atoms with Crippen LogP contribution in [0.3, 0.4) is 0 Å². The van der Waals surface area contributed by atoms with E-state index in [9.17, 15) is 9.59 Å². The number of carbonyl (C=O) groups is 2. The number of benzene rings is 2. The number of piperazine rings is 1. The Kier molecular flexibility index (Phi) is 3.16. The minimum absolute atomic E-state index is 0.0297. The molecule has 2 aliphatic rings. The van der Waals surface area contributed by atoms with Crippen LogP contribution in [0, 0.1) is 0 Å². The summed E-state index contributed by atoms with van der Waals surface area (Å²) in [6.07, 6.45) is 0.508. The summed E-state index contributed by atoms with van der Waals surface area (Å²) in [6.45, 7) is 0.0297. The first-order chi connectivity index (χ1) is 13.7.